The number of aromatic nitrogens is 2. The van der Waals surface area contributed by atoms with E-state index in [1.807, 2.05) is 41.0 Å². The first-order valence-electron chi connectivity index (χ1n) is 7.79. The Morgan fingerprint density at radius 3 is 2.79 bits per heavy atom. The first-order valence-corrected chi connectivity index (χ1v) is 9.61. The van der Waals surface area contributed by atoms with E-state index >= 15 is 0 Å². The molecule has 0 bridgehead atoms. The second-order valence-corrected chi connectivity index (χ2v) is 7.32. The minimum Gasteiger partial charge on any atom is -0.334 e. The molecule has 0 aromatic carbocycles. The van der Waals surface area contributed by atoms with Crippen molar-refractivity contribution in [2.24, 2.45) is 0 Å². The molecule has 6 heteroatoms. The van der Waals surface area contributed by atoms with E-state index in [0.717, 1.165) is 17.7 Å². The fourth-order valence-electron chi connectivity index (χ4n) is 2.49. The SMILES string of the molecule is Cc1ncsc1CCC(=O)N(Cc1cccnc1)Cc1ccsc1. The van der Waals surface area contributed by atoms with Crippen molar-refractivity contribution in [1.29, 1.82) is 0 Å². The van der Waals surface area contributed by atoms with Crippen molar-refractivity contribution in [2.75, 3.05) is 0 Å². The quantitative estimate of drug-likeness (QED) is 0.640. The van der Waals surface area contributed by atoms with Crippen molar-refractivity contribution in [2.45, 2.75) is 32.9 Å². The van der Waals surface area contributed by atoms with Crippen LogP contribution in [0.25, 0.3) is 0 Å². The molecule has 0 radical (unpaired) electrons. The molecule has 3 aromatic heterocycles. The summed E-state index contributed by atoms with van der Waals surface area (Å²) in [6.45, 7) is 3.22. The van der Waals surface area contributed by atoms with Crippen LogP contribution in [0.15, 0.2) is 46.9 Å². The lowest BCUT2D eigenvalue weighted by Gasteiger charge is -2.22. The van der Waals surface area contributed by atoms with E-state index < -0.39 is 0 Å². The normalized spacial score (nSPS) is 10.7. The van der Waals surface area contributed by atoms with Crippen LogP contribution in [0.3, 0.4) is 0 Å². The lowest BCUT2D eigenvalue weighted by Crippen LogP contribution is -2.30. The second-order valence-electron chi connectivity index (χ2n) is 5.60. The molecule has 0 aliphatic carbocycles. The van der Waals surface area contributed by atoms with Crippen molar-refractivity contribution in [3.05, 3.63) is 68.6 Å². The molecule has 124 valence electrons. The number of aryl methyl sites for hydroxylation is 2. The number of thiazole rings is 1. The number of carbonyl (C=O) groups excluding carboxylic acids is 1. The summed E-state index contributed by atoms with van der Waals surface area (Å²) in [6.07, 6.45) is 4.83. The summed E-state index contributed by atoms with van der Waals surface area (Å²) in [6, 6.07) is 5.99. The van der Waals surface area contributed by atoms with E-state index in [-0.39, 0.29) is 5.91 Å². The van der Waals surface area contributed by atoms with Crippen molar-refractivity contribution in [1.82, 2.24) is 14.9 Å². The van der Waals surface area contributed by atoms with Gasteiger partial charge >= 0.3 is 0 Å². The fourth-order valence-corrected chi connectivity index (χ4v) is 3.93. The number of rotatable bonds is 7. The van der Waals surface area contributed by atoms with Gasteiger partial charge < -0.3 is 4.90 Å². The van der Waals surface area contributed by atoms with Crippen molar-refractivity contribution in [3.8, 4) is 0 Å². The monoisotopic (exact) mass is 357 g/mol. The Balaban J connectivity index is 1.68. The van der Waals surface area contributed by atoms with E-state index in [1.165, 1.54) is 10.4 Å². The Morgan fingerprint density at radius 2 is 2.12 bits per heavy atom. The number of hydrogen-bond acceptors (Lipinski definition) is 5. The van der Waals surface area contributed by atoms with E-state index in [4.69, 9.17) is 0 Å². The predicted octanol–water partition coefficient (Wildman–Crippen LogP) is 4.07. The lowest BCUT2D eigenvalue weighted by atomic mass is 10.2. The highest BCUT2D eigenvalue weighted by molar-refractivity contribution is 7.09. The minimum absolute atomic E-state index is 0.165. The van der Waals surface area contributed by atoms with Crippen LogP contribution < -0.4 is 0 Å². The molecule has 1 amide bonds. The van der Waals surface area contributed by atoms with Crippen LogP contribution in [0.2, 0.25) is 0 Å². The Bertz CT molecular complexity index is 769. The Hall–Kier alpha value is -2.05. The summed E-state index contributed by atoms with van der Waals surface area (Å²) in [4.78, 5) is 24.3. The number of thiophene rings is 1. The van der Waals surface area contributed by atoms with Crippen LogP contribution in [0, 0.1) is 6.92 Å². The first-order chi connectivity index (χ1) is 11.7. The van der Waals surface area contributed by atoms with Crippen molar-refractivity contribution < 1.29 is 4.79 Å². The van der Waals surface area contributed by atoms with Gasteiger partial charge in [-0.05, 0) is 47.4 Å². The van der Waals surface area contributed by atoms with E-state index in [9.17, 15) is 4.79 Å². The minimum atomic E-state index is 0.165. The zero-order chi connectivity index (χ0) is 16.8. The van der Waals surface area contributed by atoms with E-state index in [1.54, 1.807) is 28.9 Å². The van der Waals surface area contributed by atoms with Crippen LogP contribution in [0.4, 0.5) is 0 Å². The number of nitrogens with zero attached hydrogens (tertiary/aromatic N) is 3. The third-order valence-corrected chi connectivity index (χ3v) is 5.54. The zero-order valence-corrected chi connectivity index (χ0v) is 15.1. The van der Waals surface area contributed by atoms with Gasteiger partial charge in [0.1, 0.15) is 0 Å². The van der Waals surface area contributed by atoms with Gasteiger partial charge in [-0.15, -0.1) is 11.3 Å². The number of pyridine rings is 1. The highest BCUT2D eigenvalue weighted by atomic mass is 32.1. The van der Waals surface area contributed by atoms with Crippen LogP contribution >= 0.6 is 22.7 Å². The lowest BCUT2D eigenvalue weighted by molar-refractivity contribution is -0.132. The maximum absolute atomic E-state index is 12.8. The second kappa shape index (κ2) is 8.17. The predicted molar refractivity (Wildman–Crippen MR) is 98.0 cm³/mol. The molecule has 0 unspecified atom stereocenters. The molecule has 0 N–H and O–H groups in total. The van der Waals surface area contributed by atoms with Gasteiger partial charge in [-0.3, -0.25) is 9.78 Å². The molecule has 3 heterocycles. The summed E-state index contributed by atoms with van der Waals surface area (Å²) in [7, 11) is 0. The summed E-state index contributed by atoms with van der Waals surface area (Å²) in [5.74, 6) is 0.165. The molecule has 0 saturated carbocycles. The molecule has 0 saturated heterocycles. The third-order valence-electron chi connectivity index (χ3n) is 3.81. The first kappa shape index (κ1) is 16.8. The van der Waals surface area contributed by atoms with Crippen LogP contribution in [-0.4, -0.2) is 20.8 Å². The highest BCUT2D eigenvalue weighted by Crippen LogP contribution is 2.17. The Kier molecular flexibility index (Phi) is 5.72. The summed E-state index contributed by atoms with van der Waals surface area (Å²) in [5.41, 5.74) is 5.10. The summed E-state index contributed by atoms with van der Waals surface area (Å²) in [5, 5.41) is 4.14. The van der Waals surface area contributed by atoms with Gasteiger partial charge in [0, 0.05) is 36.8 Å². The van der Waals surface area contributed by atoms with Gasteiger partial charge in [-0.25, -0.2) is 4.98 Å². The molecular weight excluding hydrogens is 338 g/mol. The standard InChI is InChI=1S/C18H19N3OS2/c1-14-17(24-13-20-14)4-5-18(22)21(11-16-6-8-23-12-16)10-15-3-2-7-19-9-15/h2-3,6-9,12-13H,4-5,10-11H2,1H3. The molecular formula is C18H19N3OS2. The van der Waals surface area contributed by atoms with E-state index in [0.29, 0.717) is 19.5 Å². The molecule has 0 aliphatic heterocycles. The maximum Gasteiger partial charge on any atom is 0.223 e. The molecule has 3 rings (SSSR count). The molecule has 3 aromatic rings. The molecule has 24 heavy (non-hydrogen) atoms. The fraction of sp³-hybridized carbons (Fsp3) is 0.278. The van der Waals surface area contributed by atoms with Gasteiger partial charge in [-0.2, -0.15) is 11.3 Å². The maximum atomic E-state index is 12.8. The Labute approximate surface area is 149 Å². The smallest absolute Gasteiger partial charge is 0.223 e. The summed E-state index contributed by atoms with van der Waals surface area (Å²) < 4.78 is 0. The molecule has 0 aliphatic rings. The third kappa shape index (κ3) is 4.49. The Morgan fingerprint density at radius 1 is 1.25 bits per heavy atom. The topological polar surface area (TPSA) is 46.1 Å². The zero-order valence-electron chi connectivity index (χ0n) is 13.5. The molecule has 0 atom stereocenters. The van der Waals surface area contributed by atoms with Crippen LogP contribution in [0.5, 0.6) is 0 Å². The largest absolute Gasteiger partial charge is 0.334 e. The number of amides is 1. The summed E-state index contributed by atoms with van der Waals surface area (Å²) >= 11 is 3.28. The highest BCUT2D eigenvalue weighted by Gasteiger charge is 2.16. The van der Waals surface area contributed by atoms with E-state index in [2.05, 4.69) is 21.4 Å². The average Bonchev–Trinajstić information content (AvgIpc) is 3.25. The molecule has 0 fully saturated rings. The van der Waals surface area contributed by atoms with Crippen molar-refractivity contribution in [3.63, 3.8) is 0 Å². The molecule has 4 nitrogen and oxygen atoms in total. The van der Waals surface area contributed by atoms with Crippen LogP contribution in [0.1, 0.15) is 28.1 Å². The van der Waals surface area contributed by atoms with Gasteiger partial charge in [0.25, 0.3) is 0 Å². The van der Waals surface area contributed by atoms with Gasteiger partial charge in [-0.1, -0.05) is 6.07 Å². The van der Waals surface area contributed by atoms with Crippen LogP contribution in [-0.2, 0) is 24.3 Å². The number of hydrogen-bond donors (Lipinski definition) is 0. The molecule has 0 spiro atoms. The number of carbonyl (C=O) groups is 1. The average molecular weight is 358 g/mol. The van der Waals surface area contributed by atoms with Gasteiger partial charge in [0.15, 0.2) is 0 Å². The van der Waals surface area contributed by atoms with Gasteiger partial charge in [0.05, 0.1) is 11.2 Å². The van der Waals surface area contributed by atoms with Gasteiger partial charge in [0.2, 0.25) is 5.91 Å². The van der Waals surface area contributed by atoms with Crippen molar-refractivity contribution >= 4 is 28.6 Å².